The molecule has 1 nitrogen and oxygen atoms in total. The SMILES string of the molecule is CCCCCC([Si]c1ccccc1)c1ccc(OC)cc1. The molecule has 0 bridgehead atoms. The van der Waals surface area contributed by atoms with Gasteiger partial charge in [0.1, 0.15) is 5.75 Å². The molecule has 2 aromatic rings. The lowest BCUT2D eigenvalue weighted by molar-refractivity contribution is 0.414. The minimum absolute atomic E-state index is 0.629. The standard InChI is InChI=1S/C19H24OSi/c1-3-4-6-11-19(21-18-9-7-5-8-10-18)16-12-14-17(20-2)15-13-16/h5,7-10,12-15,19H,3-4,6,11H2,1-2H3. The molecular formula is C19H24OSi. The number of methoxy groups -OCH3 is 1. The third-order valence-electron chi connectivity index (χ3n) is 3.73. The zero-order valence-electron chi connectivity index (χ0n) is 13.0. The second kappa shape index (κ2) is 8.68. The number of hydrogen-bond acceptors (Lipinski definition) is 1. The Morgan fingerprint density at radius 1 is 0.952 bits per heavy atom. The van der Waals surface area contributed by atoms with Crippen LogP contribution in [0.15, 0.2) is 54.6 Å². The Balaban J connectivity index is 2.10. The third kappa shape index (κ3) is 5.05. The minimum atomic E-state index is 0.629. The molecule has 0 heterocycles. The highest BCUT2D eigenvalue weighted by Crippen LogP contribution is 2.23. The molecule has 0 aliphatic heterocycles. The maximum absolute atomic E-state index is 5.27. The molecule has 0 spiro atoms. The molecule has 21 heavy (non-hydrogen) atoms. The van der Waals surface area contributed by atoms with Gasteiger partial charge in [-0.1, -0.05) is 73.8 Å². The average Bonchev–Trinajstić information content (AvgIpc) is 2.55. The number of unbranched alkanes of at least 4 members (excludes halogenated alkanes) is 2. The van der Waals surface area contributed by atoms with Crippen LogP contribution in [0.1, 0.15) is 43.7 Å². The normalized spacial score (nSPS) is 12.1. The quantitative estimate of drug-likeness (QED) is 0.520. The van der Waals surface area contributed by atoms with Crippen LogP contribution < -0.4 is 9.92 Å². The van der Waals surface area contributed by atoms with Crippen molar-refractivity contribution in [2.45, 2.75) is 38.1 Å². The van der Waals surface area contributed by atoms with E-state index >= 15 is 0 Å². The van der Waals surface area contributed by atoms with Gasteiger partial charge >= 0.3 is 0 Å². The number of hydrogen-bond donors (Lipinski definition) is 0. The first-order chi connectivity index (χ1) is 10.3. The van der Waals surface area contributed by atoms with Gasteiger partial charge in [-0.15, -0.1) is 0 Å². The number of rotatable bonds is 8. The summed E-state index contributed by atoms with van der Waals surface area (Å²) in [4.78, 5) is 0. The van der Waals surface area contributed by atoms with Gasteiger partial charge < -0.3 is 4.74 Å². The fraction of sp³-hybridized carbons (Fsp3) is 0.368. The molecular weight excluding hydrogens is 272 g/mol. The lowest BCUT2D eigenvalue weighted by Gasteiger charge is -2.17. The summed E-state index contributed by atoms with van der Waals surface area (Å²) in [7, 11) is 2.56. The maximum atomic E-state index is 5.27. The first kappa shape index (κ1) is 15.8. The molecule has 0 aromatic heterocycles. The van der Waals surface area contributed by atoms with Crippen molar-refractivity contribution in [3.8, 4) is 5.75 Å². The highest BCUT2D eigenvalue weighted by Gasteiger charge is 2.13. The van der Waals surface area contributed by atoms with Crippen molar-refractivity contribution in [1.82, 2.24) is 0 Å². The fourth-order valence-electron chi connectivity index (χ4n) is 2.49. The van der Waals surface area contributed by atoms with Crippen molar-refractivity contribution in [2.24, 2.45) is 0 Å². The summed E-state index contributed by atoms with van der Waals surface area (Å²) in [6.07, 6.45) is 5.19. The molecule has 0 saturated carbocycles. The Labute approximate surface area is 131 Å². The Morgan fingerprint density at radius 3 is 2.29 bits per heavy atom. The van der Waals surface area contributed by atoms with E-state index in [4.69, 9.17) is 4.74 Å². The summed E-state index contributed by atoms with van der Waals surface area (Å²) < 4.78 is 5.27. The van der Waals surface area contributed by atoms with Crippen LogP contribution in [-0.4, -0.2) is 16.6 Å². The van der Waals surface area contributed by atoms with Crippen LogP contribution in [0.25, 0.3) is 0 Å². The van der Waals surface area contributed by atoms with E-state index in [9.17, 15) is 0 Å². The molecule has 0 N–H and O–H groups in total. The summed E-state index contributed by atoms with van der Waals surface area (Å²) in [6, 6.07) is 19.5. The van der Waals surface area contributed by atoms with E-state index in [-0.39, 0.29) is 0 Å². The predicted molar refractivity (Wildman–Crippen MR) is 91.7 cm³/mol. The predicted octanol–water partition coefficient (Wildman–Crippen LogP) is 4.35. The third-order valence-corrected chi connectivity index (χ3v) is 5.37. The van der Waals surface area contributed by atoms with Crippen molar-refractivity contribution in [3.63, 3.8) is 0 Å². The van der Waals surface area contributed by atoms with Gasteiger partial charge in [-0.05, 0) is 29.7 Å². The van der Waals surface area contributed by atoms with Crippen LogP contribution in [0, 0.1) is 0 Å². The zero-order chi connectivity index (χ0) is 14.9. The Hall–Kier alpha value is -1.54. The van der Waals surface area contributed by atoms with Crippen molar-refractivity contribution in [1.29, 1.82) is 0 Å². The minimum Gasteiger partial charge on any atom is -0.497 e. The molecule has 0 saturated heterocycles. The highest BCUT2D eigenvalue weighted by atomic mass is 28.2. The van der Waals surface area contributed by atoms with Gasteiger partial charge in [-0.2, -0.15) is 0 Å². The number of benzene rings is 2. The van der Waals surface area contributed by atoms with Gasteiger partial charge in [0.15, 0.2) is 0 Å². The van der Waals surface area contributed by atoms with Crippen LogP contribution in [-0.2, 0) is 0 Å². The molecule has 1 unspecified atom stereocenters. The molecule has 1 atom stereocenters. The Morgan fingerprint density at radius 2 is 1.67 bits per heavy atom. The van der Waals surface area contributed by atoms with Crippen LogP contribution in [0.5, 0.6) is 5.75 Å². The molecule has 2 rings (SSSR count). The summed E-state index contributed by atoms with van der Waals surface area (Å²) in [5.41, 5.74) is 2.07. The first-order valence-corrected chi connectivity index (χ1v) is 8.86. The summed E-state index contributed by atoms with van der Waals surface area (Å²) in [6.45, 7) is 2.27. The molecule has 0 aliphatic carbocycles. The van der Waals surface area contributed by atoms with Gasteiger partial charge in [-0.3, -0.25) is 0 Å². The number of ether oxygens (including phenoxy) is 1. The van der Waals surface area contributed by atoms with Gasteiger partial charge in [0.25, 0.3) is 0 Å². The van der Waals surface area contributed by atoms with E-state index in [1.165, 1.54) is 36.4 Å². The molecule has 0 fully saturated rings. The zero-order valence-corrected chi connectivity index (χ0v) is 14.0. The summed E-state index contributed by atoms with van der Waals surface area (Å²) >= 11 is 0. The van der Waals surface area contributed by atoms with Crippen LogP contribution in [0.4, 0.5) is 0 Å². The molecule has 2 aromatic carbocycles. The lowest BCUT2D eigenvalue weighted by atomic mass is 10.1. The van der Waals surface area contributed by atoms with Crippen molar-refractivity contribution >= 4 is 14.7 Å². The largest absolute Gasteiger partial charge is 0.497 e. The second-order valence-corrected chi connectivity index (χ2v) is 6.89. The van der Waals surface area contributed by atoms with E-state index in [1.807, 2.05) is 0 Å². The smallest absolute Gasteiger partial charge is 0.118 e. The van der Waals surface area contributed by atoms with Crippen LogP contribution in [0.2, 0.25) is 0 Å². The molecule has 2 heteroatoms. The van der Waals surface area contributed by atoms with Gasteiger partial charge in [0, 0.05) is 0 Å². The molecule has 0 amide bonds. The first-order valence-electron chi connectivity index (χ1n) is 7.79. The van der Waals surface area contributed by atoms with Crippen LogP contribution in [0.3, 0.4) is 0 Å². The fourth-order valence-corrected chi connectivity index (χ4v) is 3.99. The average molecular weight is 296 g/mol. The monoisotopic (exact) mass is 296 g/mol. The molecule has 110 valence electrons. The lowest BCUT2D eigenvalue weighted by Crippen LogP contribution is -2.21. The van der Waals surface area contributed by atoms with Gasteiger partial charge in [-0.25, -0.2) is 0 Å². The summed E-state index contributed by atoms with van der Waals surface area (Å²) in [5, 5.41) is 1.45. The Bertz CT molecular complexity index is 507. The highest BCUT2D eigenvalue weighted by molar-refractivity contribution is 6.55. The topological polar surface area (TPSA) is 9.23 Å². The molecule has 0 aliphatic rings. The van der Waals surface area contributed by atoms with E-state index in [2.05, 4.69) is 61.5 Å². The molecule has 2 radical (unpaired) electrons. The van der Waals surface area contributed by atoms with Crippen molar-refractivity contribution in [2.75, 3.05) is 7.11 Å². The summed E-state index contributed by atoms with van der Waals surface area (Å²) in [5.74, 6) is 0.939. The Kier molecular flexibility index (Phi) is 6.55. The van der Waals surface area contributed by atoms with Crippen LogP contribution >= 0.6 is 0 Å². The second-order valence-electron chi connectivity index (χ2n) is 5.33. The van der Waals surface area contributed by atoms with E-state index in [1.54, 1.807) is 7.11 Å². The van der Waals surface area contributed by atoms with E-state index < -0.39 is 0 Å². The van der Waals surface area contributed by atoms with E-state index in [0.29, 0.717) is 5.54 Å². The van der Waals surface area contributed by atoms with Gasteiger partial charge in [0.2, 0.25) is 0 Å². The van der Waals surface area contributed by atoms with E-state index in [0.717, 1.165) is 15.3 Å². The van der Waals surface area contributed by atoms with Gasteiger partial charge in [0.05, 0.1) is 16.6 Å². The maximum Gasteiger partial charge on any atom is 0.118 e. The van der Waals surface area contributed by atoms with Crippen molar-refractivity contribution < 1.29 is 4.74 Å². The van der Waals surface area contributed by atoms with Crippen molar-refractivity contribution in [3.05, 3.63) is 60.2 Å².